The first-order valence-corrected chi connectivity index (χ1v) is 6.71. The number of aromatic carboxylic acids is 1. The van der Waals surface area contributed by atoms with Crippen molar-refractivity contribution >= 4 is 17.2 Å². The summed E-state index contributed by atoms with van der Waals surface area (Å²) in [5.74, 6) is -1.03. The first kappa shape index (κ1) is 16.0. The minimum Gasteiger partial charge on any atom is -0.476 e. The SMILES string of the molecule is C=C(/C=C(\C)c1cnc(C(=O)O)c(NC(C)C)c1)CC. The highest BCUT2D eigenvalue weighted by molar-refractivity contribution is 5.92. The van der Waals surface area contributed by atoms with Gasteiger partial charge in [0.1, 0.15) is 0 Å². The molecule has 20 heavy (non-hydrogen) atoms. The highest BCUT2D eigenvalue weighted by atomic mass is 16.4. The van der Waals surface area contributed by atoms with Gasteiger partial charge in [-0.1, -0.05) is 25.2 Å². The second-order valence-corrected chi connectivity index (χ2v) is 5.06. The summed E-state index contributed by atoms with van der Waals surface area (Å²) in [7, 11) is 0. The van der Waals surface area contributed by atoms with Crippen LogP contribution in [-0.2, 0) is 0 Å². The Morgan fingerprint density at radius 3 is 2.70 bits per heavy atom. The first-order chi connectivity index (χ1) is 9.35. The molecule has 2 N–H and O–H groups in total. The summed E-state index contributed by atoms with van der Waals surface area (Å²) < 4.78 is 0. The molecule has 0 saturated heterocycles. The molecular formula is C16H22N2O2. The predicted molar refractivity (Wildman–Crippen MR) is 83.0 cm³/mol. The van der Waals surface area contributed by atoms with Crippen molar-refractivity contribution < 1.29 is 9.90 Å². The fourth-order valence-electron chi connectivity index (χ4n) is 1.76. The van der Waals surface area contributed by atoms with Gasteiger partial charge in [0.05, 0.1) is 5.69 Å². The van der Waals surface area contributed by atoms with Gasteiger partial charge in [0, 0.05) is 12.2 Å². The van der Waals surface area contributed by atoms with E-state index in [0.717, 1.165) is 23.1 Å². The molecule has 0 bridgehead atoms. The van der Waals surface area contributed by atoms with Gasteiger partial charge >= 0.3 is 5.97 Å². The highest BCUT2D eigenvalue weighted by Crippen LogP contribution is 2.22. The van der Waals surface area contributed by atoms with Crippen molar-refractivity contribution in [2.24, 2.45) is 0 Å². The van der Waals surface area contributed by atoms with E-state index in [4.69, 9.17) is 5.11 Å². The number of hydrogen-bond acceptors (Lipinski definition) is 3. The molecule has 0 aliphatic carbocycles. The van der Waals surface area contributed by atoms with Crippen LogP contribution < -0.4 is 5.32 Å². The van der Waals surface area contributed by atoms with Crippen LogP contribution in [-0.4, -0.2) is 22.1 Å². The Kier molecular flexibility index (Phi) is 5.50. The van der Waals surface area contributed by atoms with Crippen molar-refractivity contribution in [1.29, 1.82) is 0 Å². The summed E-state index contributed by atoms with van der Waals surface area (Å²) >= 11 is 0. The van der Waals surface area contributed by atoms with Gasteiger partial charge in [-0.15, -0.1) is 0 Å². The molecule has 0 fully saturated rings. The van der Waals surface area contributed by atoms with E-state index in [1.165, 1.54) is 0 Å². The van der Waals surface area contributed by atoms with Crippen LogP contribution in [0.3, 0.4) is 0 Å². The van der Waals surface area contributed by atoms with E-state index >= 15 is 0 Å². The van der Waals surface area contributed by atoms with Crippen molar-refractivity contribution in [2.45, 2.75) is 40.2 Å². The van der Waals surface area contributed by atoms with Gasteiger partial charge in [-0.2, -0.15) is 0 Å². The Hall–Kier alpha value is -2.10. The molecule has 0 aliphatic rings. The number of aromatic nitrogens is 1. The van der Waals surface area contributed by atoms with Crippen LogP contribution in [0.4, 0.5) is 5.69 Å². The predicted octanol–water partition coefficient (Wildman–Crippen LogP) is 3.97. The molecule has 4 nitrogen and oxygen atoms in total. The highest BCUT2D eigenvalue weighted by Gasteiger charge is 2.13. The standard InChI is InChI=1S/C16H22N2O2/c1-6-11(4)7-12(5)13-8-14(18-10(2)3)15(16(19)20)17-9-13/h7-10,18H,4,6H2,1-3,5H3,(H,19,20)/b12-7+. The van der Waals surface area contributed by atoms with Crippen molar-refractivity contribution in [3.05, 3.63) is 41.7 Å². The minimum absolute atomic E-state index is 0.0459. The maximum Gasteiger partial charge on any atom is 0.356 e. The van der Waals surface area contributed by atoms with Gasteiger partial charge < -0.3 is 10.4 Å². The second kappa shape index (κ2) is 6.89. The first-order valence-electron chi connectivity index (χ1n) is 6.71. The van der Waals surface area contributed by atoms with E-state index in [9.17, 15) is 4.79 Å². The zero-order chi connectivity index (χ0) is 15.3. The number of carboxylic acid groups (broad SMARTS) is 1. The number of rotatable bonds is 6. The van der Waals surface area contributed by atoms with Gasteiger partial charge in [0.25, 0.3) is 0 Å². The Morgan fingerprint density at radius 1 is 1.55 bits per heavy atom. The molecule has 108 valence electrons. The Labute approximate surface area is 120 Å². The van der Waals surface area contributed by atoms with Gasteiger partial charge in [-0.25, -0.2) is 9.78 Å². The third-order valence-electron chi connectivity index (χ3n) is 2.86. The second-order valence-electron chi connectivity index (χ2n) is 5.06. The van der Waals surface area contributed by atoms with E-state index in [0.29, 0.717) is 5.69 Å². The lowest BCUT2D eigenvalue weighted by Crippen LogP contribution is -2.15. The number of hydrogen-bond donors (Lipinski definition) is 2. The van der Waals surface area contributed by atoms with Gasteiger partial charge in [-0.3, -0.25) is 0 Å². The molecule has 0 aromatic carbocycles. The Morgan fingerprint density at radius 2 is 2.20 bits per heavy atom. The number of allylic oxidation sites excluding steroid dienone is 3. The molecule has 4 heteroatoms. The van der Waals surface area contributed by atoms with E-state index < -0.39 is 5.97 Å². The van der Waals surface area contributed by atoms with E-state index in [-0.39, 0.29) is 11.7 Å². The quantitative estimate of drug-likeness (QED) is 0.770. The van der Waals surface area contributed by atoms with Gasteiger partial charge in [0.15, 0.2) is 5.69 Å². The normalized spacial score (nSPS) is 11.6. The fourth-order valence-corrected chi connectivity index (χ4v) is 1.76. The fraction of sp³-hybridized carbons (Fsp3) is 0.375. The average molecular weight is 274 g/mol. The summed E-state index contributed by atoms with van der Waals surface area (Å²) in [6.45, 7) is 11.9. The molecule has 0 radical (unpaired) electrons. The van der Waals surface area contributed by atoms with Gasteiger partial charge in [-0.05, 0) is 44.4 Å². The smallest absolute Gasteiger partial charge is 0.356 e. The molecule has 1 heterocycles. The molecule has 0 unspecified atom stereocenters. The van der Waals surface area contributed by atoms with Crippen LogP contribution >= 0.6 is 0 Å². The Balaban J connectivity index is 3.21. The zero-order valence-electron chi connectivity index (χ0n) is 12.5. The van der Waals surface area contributed by atoms with Gasteiger partial charge in [0.2, 0.25) is 0 Å². The maximum absolute atomic E-state index is 11.2. The third kappa shape index (κ3) is 4.23. The number of carboxylic acids is 1. The Bertz CT molecular complexity index is 545. The number of anilines is 1. The van der Waals surface area contributed by atoms with E-state index in [2.05, 4.69) is 16.9 Å². The lowest BCUT2D eigenvalue weighted by atomic mass is 10.0. The van der Waals surface area contributed by atoms with E-state index in [1.807, 2.05) is 39.8 Å². The molecule has 0 spiro atoms. The molecule has 0 atom stereocenters. The summed E-state index contributed by atoms with van der Waals surface area (Å²) in [5, 5.41) is 12.3. The average Bonchev–Trinajstić information content (AvgIpc) is 2.37. The third-order valence-corrected chi connectivity index (χ3v) is 2.86. The maximum atomic E-state index is 11.2. The van der Waals surface area contributed by atoms with Crippen LogP contribution in [0.25, 0.3) is 5.57 Å². The van der Waals surface area contributed by atoms with Crippen LogP contribution in [0.15, 0.2) is 30.5 Å². The van der Waals surface area contributed by atoms with Crippen LogP contribution in [0, 0.1) is 0 Å². The minimum atomic E-state index is -1.03. The number of pyridine rings is 1. The topological polar surface area (TPSA) is 62.2 Å². The monoisotopic (exact) mass is 274 g/mol. The molecule has 1 aromatic rings. The molecule has 1 aromatic heterocycles. The number of nitrogens with zero attached hydrogens (tertiary/aromatic N) is 1. The summed E-state index contributed by atoms with van der Waals surface area (Å²) in [6.07, 6.45) is 4.47. The molecule has 0 saturated carbocycles. The lowest BCUT2D eigenvalue weighted by Gasteiger charge is -2.14. The number of carbonyl (C=O) groups is 1. The van der Waals surface area contributed by atoms with Crippen molar-refractivity contribution in [3.8, 4) is 0 Å². The van der Waals surface area contributed by atoms with Crippen molar-refractivity contribution in [1.82, 2.24) is 4.98 Å². The van der Waals surface area contributed by atoms with Crippen molar-refractivity contribution in [2.75, 3.05) is 5.32 Å². The molecule has 0 aliphatic heterocycles. The van der Waals surface area contributed by atoms with Crippen LogP contribution in [0.2, 0.25) is 0 Å². The summed E-state index contributed by atoms with van der Waals surface area (Å²) in [5.41, 5.74) is 3.54. The summed E-state index contributed by atoms with van der Waals surface area (Å²) in [6, 6.07) is 1.96. The van der Waals surface area contributed by atoms with E-state index in [1.54, 1.807) is 6.20 Å². The van der Waals surface area contributed by atoms with Crippen LogP contribution in [0.5, 0.6) is 0 Å². The molecule has 0 amide bonds. The lowest BCUT2D eigenvalue weighted by molar-refractivity contribution is 0.0691. The van der Waals surface area contributed by atoms with Crippen molar-refractivity contribution in [3.63, 3.8) is 0 Å². The molecular weight excluding hydrogens is 252 g/mol. The van der Waals surface area contributed by atoms with Crippen LogP contribution in [0.1, 0.15) is 50.2 Å². The largest absolute Gasteiger partial charge is 0.476 e. The number of nitrogens with one attached hydrogen (secondary N) is 1. The zero-order valence-corrected chi connectivity index (χ0v) is 12.5. The molecule has 1 rings (SSSR count). The summed E-state index contributed by atoms with van der Waals surface area (Å²) in [4.78, 5) is 15.2.